The molecule has 1 aromatic rings. The van der Waals surface area contributed by atoms with Gasteiger partial charge in [0.15, 0.2) is 11.0 Å². The average Bonchev–Trinajstić information content (AvgIpc) is 2.19. The van der Waals surface area contributed by atoms with Crippen LogP contribution >= 0.6 is 35.0 Å². The molecule has 1 heterocycles. The summed E-state index contributed by atoms with van der Waals surface area (Å²) in [5.74, 6) is 0.479. The Morgan fingerprint density at radius 3 is 2.79 bits per heavy atom. The van der Waals surface area contributed by atoms with Crippen molar-refractivity contribution in [3.8, 4) is 0 Å². The molecule has 0 radical (unpaired) electrons. The molecule has 0 aromatic carbocycles. The third-order valence-corrected chi connectivity index (χ3v) is 2.97. The molecule has 1 N–H and O–H groups in total. The van der Waals surface area contributed by atoms with Gasteiger partial charge in [0.25, 0.3) is 0 Å². The van der Waals surface area contributed by atoms with Crippen molar-refractivity contribution >= 4 is 40.8 Å². The summed E-state index contributed by atoms with van der Waals surface area (Å²) in [6, 6.07) is 0. The molecule has 1 atom stereocenters. The topological polar surface area (TPSA) is 50.7 Å². The van der Waals surface area contributed by atoms with Crippen LogP contribution in [0.3, 0.4) is 0 Å². The maximum Gasteiger partial charge on any atom is 0.245 e. The lowest BCUT2D eigenvalue weighted by Crippen LogP contribution is -2.14. The fourth-order valence-corrected chi connectivity index (χ4v) is 1.25. The summed E-state index contributed by atoms with van der Waals surface area (Å²) in [6.45, 7) is 2.86. The van der Waals surface area contributed by atoms with Gasteiger partial charge in [0, 0.05) is 11.8 Å². The van der Waals surface area contributed by atoms with Crippen molar-refractivity contribution in [2.24, 2.45) is 0 Å². The molecule has 0 bridgehead atoms. The number of anilines is 1. The lowest BCUT2D eigenvalue weighted by Gasteiger charge is -2.10. The van der Waals surface area contributed by atoms with Crippen molar-refractivity contribution in [1.82, 2.24) is 15.2 Å². The molecule has 14 heavy (non-hydrogen) atoms. The van der Waals surface area contributed by atoms with Gasteiger partial charge in [0.05, 0.1) is 0 Å². The Kier molecular flexibility index (Phi) is 4.71. The first-order valence-corrected chi connectivity index (χ1v) is 6.00. The summed E-state index contributed by atoms with van der Waals surface area (Å²) in [7, 11) is 0. The zero-order valence-electron chi connectivity index (χ0n) is 7.79. The van der Waals surface area contributed by atoms with Crippen molar-refractivity contribution in [1.29, 1.82) is 0 Å². The van der Waals surface area contributed by atoms with E-state index in [1.165, 1.54) is 0 Å². The predicted octanol–water partition coefficient (Wildman–Crippen LogP) is 2.34. The first-order valence-electron chi connectivity index (χ1n) is 3.96. The monoisotopic (exact) mass is 252 g/mol. The number of aromatic nitrogens is 3. The molecule has 0 saturated carbocycles. The quantitative estimate of drug-likeness (QED) is 0.892. The molecular formula is C7H10Cl2N4S. The highest BCUT2D eigenvalue weighted by Gasteiger charge is 2.06. The largest absolute Gasteiger partial charge is 0.366 e. The maximum atomic E-state index is 5.76. The molecule has 0 aliphatic rings. The van der Waals surface area contributed by atoms with Crippen LogP contribution in [0.25, 0.3) is 0 Å². The van der Waals surface area contributed by atoms with E-state index in [4.69, 9.17) is 23.2 Å². The molecule has 0 amide bonds. The zero-order valence-corrected chi connectivity index (χ0v) is 10.1. The van der Waals surface area contributed by atoms with Crippen LogP contribution in [-0.4, -0.2) is 33.2 Å². The average molecular weight is 253 g/mol. The summed E-state index contributed by atoms with van der Waals surface area (Å²) in [5, 5.41) is 11.0. The number of nitrogens with one attached hydrogen (secondary N) is 1. The molecule has 1 aromatic heterocycles. The Labute approximate surface area is 96.8 Å². The molecule has 7 heteroatoms. The van der Waals surface area contributed by atoms with Gasteiger partial charge in [0.2, 0.25) is 5.28 Å². The van der Waals surface area contributed by atoms with E-state index in [-0.39, 0.29) is 10.4 Å². The number of hydrogen-bond acceptors (Lipinski definition) is 5. The molecule has 4 nitrogen and oxygen atoms in total. The van der Waals surface area contributed by atoms with Gasteiger partial charge in [-0.25, -0.2) is 0 Å². The molecule has 1 rings (SSSR count). The highest BCUT2D eigenvalue weighted by molar-refractivity contribution is 7.99. The molecule has 0 aliphatic heterocycles. The number of nitrogens with zero attached hydrogens (tertiary/aromatic N) is 3. The molecule has 1 unspecified atom stereocenters. The Morgan fingerprint density at radius 1 is 1.43 bits per heavy atom. The maximum absolute atomic E-state index is 5.76. The van der Waals surface area contributed by atoms with E-state index in [1.54, 1.807) is 11.8 Å². The minimum absolute atomic E-state index is 0.0914. The molecule has 0 fully saturated rings. The molecule has 78 valence electrons. The van der Waals surface area contributed by atoms with Crippen molar-refractivity contribution in [3.63, 3.8) is 0 Å². The predicted molar refractivity (Wildman–Crippen MR) is 61.3 cm³/mol. The smallest absolute Gasteiger partial charge is 0.245 e. The lowest BCUT2D eigenvalue weighted by molar-refractivity contribution is 0.940. The summed E-state index contributed by atoms with van der Waals surface area (Å²) >= 11 is 13.1. The van der Waals surface area contributed by atoms with Gasteiger partial charge in [-0.05, 0) is 17.9 Å². The fraction of sp³-hybridized carbons (Fsp3) is 0.571. The third-order valence-electron chi connectivity index (χ3n) is 1.58. The van der Waals surface area contributed by atoms with Crippen LogP contribution in [0.2, 0.25) is 10.4 Å². The van der Waals surface area contributed by atoms with E-state index in [9.17, 15) is 0 Å². The number of halogens is 2. The van der Waals surface area contributed by atoms with Crippen LogP contribution in [0.4, 0.5) is 5.82 Å². The lowest BCUT2D eigenvalue weighted by atomic mass is 10.4. The Bertz CT molecular complexity index is 310. The highest BCUT2D eigenvalue weighted by Crippen LogP contribution is 2.17. The van der Waals surface area contributed by atoms with Crippen LogP contribution in [-0.2, 0) is 0 Å². The fourth-order valence-electron chi connectivity index (χ4n) is 0.729. The molecular weight excluding hydrogens is 243 g/mol. The molecule has 0 aliphatic carbocycles. The molecule has 0 spiro atoms. The normalized spacial score (nSPS) is 12.6. The number of hydrogen-bond donors (Lipinski definition) is 1. The van der Waals surface area contributed by atoms with Gasteiger partial charge in [-0.15, -0.1) is 10.2 Å². The Hall–Kier alpha value is -0.260. The van der Waals surface area contributed by atoms with E-state index in [2.05, 4.69) is 27.4 Å². The van der Waals surface area contributed by atoms with E-state index in [0.29, 0.717) is 11.1 Å². The Balaban J connectivity index is 2.62. The van der Waals surface area contributed by atoms with E-state index in [1.807, 2.05) is 6.26 Å². The van der Waals surface area contributed by atoms with Gasteiger partial charge in [0.1, 0.15) is 0 Å². The SMILES string of the molecule is CSC(C)CNc1nc(Cl)nnc1Cl. The van der Waals surface area contributed by atoms with E-state index in [0.717, 1.165) is 6.54 Å². The first-order chi connectivity index (χ1) is 6.63. The molecule has 0 saturated heterocycles. The standard InChI is InChI=1S/C7H10Cl2N4S/c1-4(14-2)3-10-6-5(8)12-13-7(9)11-6/h4H,3H2,1-2H3,(H,10,11,13). The summed E-state index contributed by atoms with van der Waals surface area (Å²) in [6.07, 6.45) is 2.04. The van der Waals surface area contributed by atoms with Crippen LogP contribution in [0.5, 0.6) is 0 Å². The summed E-state index contributed by atoms with van der Waals surface area (Å²) in [5.41, 5.74) is 0. The summed E-state index contributed by atoms with van der Waals surface area (Å²) in [4.78, 5) is 3.92. The van der Waals surface area contributed by atoms with Crippen molar-refractivity contribution in [2.75, 3.05) is 18.1 Å². The van der Waals surface area contributed by atoms with Crippen molar-refractivity contribution in [3.05, 3.63) is 10.4 Å². The second-order valence-corrected chi connectivity index (χ2v) is 4.62. The second kappa shape index (κ2) is 5.58. The van der Waals surface area contributed by atoms with Crippen LogP contribution < -0.4 is 5.32 Å². The van der Waals surface area contributed by atoms with E-state index >= 15 is 0 Å². The Morgan fingerprint density at radius 2 is 2.14 bits per heavy atom. The first kappa shape index (κ1) is 11.8. The van der Waals surface area contributed by atoms with Crippen LogP contribution in [0.1, 0.15) is 6.92 Å². The van der Waals surface area contributed by atoms with Crippen LogP contribution in [0, 0.1) is 0 Å². The van der Waals surface area contributed by atoms with Gasteiger partial charge in [-0.1, -0.05) is 18.5 Å². The van der Waals surface area contributed by atoms with Crippen LogP contribution in [0.15, 0.2) is 0 Å². The van der Waals surface area contributed by atoms with Gasteiger partial charge < -0.3 is 5.32 Å². The summed E-state index contributed by atoms with van der Waals surface area (Å²) < 4.78 is 0. The minimum Gasteiger partial charge on any atom is -0.366 e. The van der Waals surface area contributed by atoms with Gasteiger partial charge >= 0.3 is 0 Å². The number of rotatable bonds is 4. The van der Waals surface area contributed by atoms with Crippen molar-refractivity contribution < 1.29 is 0 Å². The number of thioether (sulfide) groups is 1. The zero-order chi connectivity index (χ0) is 10.6. The second-order valence-electron chi connectivity index (χ2n) is 2.65. The van der Waals surface area contributed by atoms with Crippen molar-refractivity contribution in [2.45, 2.75) is 12.2 Å². The van der Waals surface area contributed by atoms with E-state index < -0.39 is 0 Å². The van der Waals surface area contributed by atoms with Gasteiger partial charge in [-0.2, -0.15) is 16.7 Å². The minimum atomic E-state index is 0.0914. The highest BCUT2D eigenvalue weighted by atomic mass is 35.5. The third kappa shape index (κ3) is 3.48. The van der Waals surface area contributed by atoms with Gasteiger partial charge in [-0.3, -0.25) is 0 Å².